The summed E-state index contributed by atoms with van der Waals surface area (Å²) in [6, 6.07) is 5.71. The zero-order chi connectivity index (χ0) is 14.7. The number of halogens is 1. The molecule has 0 aromatic heterocycles. The van der Waals surface area contributed by atoms with Gasteiger partial charge < -0.3 is 5.32 Å². The highest BCUT2D eigenvalue weighted by Gasteiger charge is 2.28. The van der Waals surface area contributed by atoms with Crippen molar-refractivity contribution in [1.29, 1.82) is 0 Å². The maximum Gasteiger partial charge on any atom is 0.269 e. The Balaban J connectivity index is 1.86. The summed E-state index contributed by atoms with van der Waals surface area (Å²) in [5, 5.41) is 14.6. The van der Waals surface area contributed by atoms with E-state index >= 15 is 0 Å². The summed E-state index contributed by atoms with van der Waals surface area (Å²) < 4.78 is 0. The minimum absolute atomic E-state index is 0.0781. The molecule has 0 saturated heterocycles. The van der Waals surface area contributed by atoms with Gasteiger partial charge in [0.05, 0.1) is 4.92 Å². The van der Waals surface area contributed by atoms with Crippen LogP contribution >= 0.6 is 11.6 Å². The van der Waals surface area contributed by atoms with E-state index in [1.165, 1.54) is 25.0 Å². The lowest BCUT2D eigenvalue weighted by Gasteiger charge is -2.24. The molecule has 1 atom stereocenters. The van der Waals surface area contributed by atoms with Crippen LogP contribution in [0.3, 0.4) is 0 Å². The molecule has 0 aliphatic heterocycles. The fourth-order valence-electron chi connectivity index (χ4n) is 2.21. The number of nitrogens with one attached hydrogen (secondary N) is 1. The monoisotopic (exact) mass is 297 g/mol. The molecular formula is C14H20ClN3O2. The highest BCUT2D eigenvalue weighted by Crippen LogP contribution is 2.27. The zero-order valence-electron chi connectivity index (χ0n) is 11.8. The third-order valence-electron chi connectivity index (χ3n) is 3.81. The molecule has 20 heavy (non-hydrogen) atoms. The number of nitrogens with zero attached hydrogens (tertiary/aromatic N) is 2. The molecule has 1 aliphatic carbocycles. The normalized spacial score (nSPS) is 16.4. The molecule has 110 valence electrons. The summed E-state index contributed by atoms with van der Waals surface area (Å²) in [5.74, 6) is 0. The second-order valence-corrected chi connectivity index (χ2v) is 5.82. The fourth-order valence-corrected chi connectivity index (χ4v) is 2.40. The summed E-state index contributed by atoms with van der Waals surface area (Å²) in [5.41, 5.74) is 0.844. The second-order valence-electron chi connectivity index (χ2n) is 5.41. The van der Waals surface area contributed by atoms with Gasteiger partial charge in [-0.3, -0.25) is 15.0 Å². The van der Waals surface area contributed by atoms with Crippen LogP contribution < -0.4 is 5.32 Å². The number of non-ortho nitro benzene ring substituents is 1. The van der Waals surface area contributed by atoms with Crippen molar-refractivity contribution in [3.63, 3.8) is 0 Å². The summed E-state index contributed by atoms with van der Waals surface area (Å²) in [7, 11) is 2.14. The van der Waals surface area contributed by atoms with Crippen LogP contribution in [-0.2, 0) is 6.54 Å². The van der Waals surface area contributed by atoms with Gasteiger partial charge in [0.25, 0.3) is 5.69 Å². The topological polar surface area (TPSA) is 58.4 Å². The Kier molecular flexibility index (Phi) is 4.96. The number of hydrogen-bond donors (Lipinski definition) is 1. The molecule has 0 amide bonds. The molecule has 1 aromatic carbocycles. The summed E-state index contributed by atoms with van der Waals surface area (Å²) >= 11 is 6.07. The van der Waals surface area contributed by atoms with Crippen molar-refractivity contribution in [2.24, 2.45) is 0 Å². The molecule has 0 radical (unpaired) electrons. The van der Waals surface area contributed by atoms with Crippen LogP contribution in [0, 0.1) is 10.1 Å². The molecule has 1 aliphatic rings. The van der Waals surface area contributed by atoms with Gasteiger partial charge in [-0.05, 0) is 38.4 Å². The van der Waals surface area contributed by atoms with Crippen molar-refractivity contribution < 1.29 is 4.92 Å². The van der Waals surface area contributed by atoms with Gasteiger partial charge in [0.2, 0.25) is 0 Å². The van der Waals surface area contributed by atoms with Gasteiger partial charge in [-0.2, -0.15) is 0 Å². The van der Waals surface area contributed by atoms with Gasteiger partial charge in [0, 0.05) is 42.3 Å². The fraction of sp³-hybridized carbons (Fsp3) is 0.571. The van der Waals surface area contributed by atoms with Crippen LogP contribution in [0.2, 0.25) is 5.02 Å². The summed E-state index contributed by atoms with van der Waals surface area (Å²) in [6.45, 7) is 3.57. The van der Waals surface area contributed by atoms with E-state index in [0.717, 1.165) is 18.2 Å². The molecule has 0 bridgehead atoms. The Labute approximate surface area is 124 Å². The molecule has 1 aromatic rings. The van der Waals surface area contributed by atoms with Gasteiger partial charge >= 0.3 is 0 Å². The standard InChI is InChI=1S/C14H20ClN3O2/c1-10(17(2)12-3-4-12)8-16-9-11-7-13(18(19)20)5-6-14(11)15/h5-7,10,12,16H,3-4,8-9H2,1-2H3. The first-order valence-corrected chi connectivity index (χ1v) is 7.22. The van der Waals surface area contributed by atoms with Crippen LogP contribution in [-0.4, -0.2) is 35.5 Å². The first-order chi connectivity index (χ1) is 9.49. The first-order valence-electron chi connectivity index (χ1n) is 6.84. The zero-order valence-corrected chi connectivity index (χ0v) is 12.6. The van der Waals surface area contributed by atoms with E-state index in [1.807, 2.05) is 0 Å². The van der Waals surface area contributed by atoms with Crippen LogP contribution in [0.25, 0.3) is 0 Å². The Hall–Kier alpha value is -1.17. The van der Waals surface area contributed by atoms with E-state index < -0.39 is 4.92 Å². The van der Waals surface area contributed by atoms with E-state index in [-0.39, 0.29) is 5.69 Å². The Morgan fingerprint density at radius 2 is 2.25 bits per heavy atom. The number of benzene rings is 1. The number of rotatable bonds is 7. The molecule has 2 rings (SSSR count). The number of nitro groups is 1. The predicted octanol–water partition coefficient (Wildman–Crippen LogP) is 2.82. The van der Waals surface area contributed by atoms with Crippen molar-refractivity contribution >= 4 is 17.3 Å². The minimum atomic E-state index is -0.399. The third-order valence-corrected chi connectivity index (χ3v) is 4.18. The van der Waals surface area contributed by atoms with Crippen LogP contribution in [0.15, 0.2) is 18.2 Å². The van der Waals surface area contributed by atoms with E-state index in [1.54, 1.807) is 6.07 Å². The SMILES string of the molecule is CC(CNCc1cc([N+](=O)[O-])ccc1Cl)N(C)C1CC1. The second kappa shape index (κ2) is 6.52. The smallest absolute Gasteiger partial charge is 0.269 e. The number of hydrogen-bond acceptors (Lipinski definition) is 4. The van der Waals surface area contributed by atoms with E-state index in [4.69, 9.17) is 11.6 Å². The number of nitro benzene ring substituents is 1. The first kappa shape index (κ1) is 15.2. The lowest BCUT2D eigenvalue weighted by molar-refractivity contribution is -0.384. The molecule has 1 unspecified atom stereocenters. The lowest BCUT2D eigenvalue weighted by atomic mass is 10.2. The highest BCUT2D eigenvalue weighted by molar-refractivity contribution is 6.31. The average molecular weight is 298 g/mol. The predicted molar refractivity (Wildman–Crippen MR) is 80.1 cm³/mol. The molecule has 6 heteroatoms. The molecule has 1 fully saturated rings. The van der Waals surface area contributed by atoms with Gasteiger partial charge in [-0.15, -0.1) is 0 Å². The molecule has 5 nitrogen and oxygen atoms in total. The van der Waals surface area contributed by atoms with Gasteiger partial charge in [0.15, 0.2) is 0 Å². The lowest BCUT2D eigenvalue weighted by Crippen LogP contribution is -2.38. The molecule has 1 saturated carbocycles. The van der Waals surface area contributed by atoms with Crippen molar-refractivity contribution in [3.05, 3.63) is 38.9 Å². The van der Waals surface area contributed by atoms with Gasteiger partial charge in [-0.25, -0.2) is 0 Å². The van der Waals surface area contributed by atoms with Crippen LogP contribution in [0.5, 0.6) is 0 Å². The van der Waals surface area contributed by atoms with E-state index in [0.29, 0.717) is 17.6 Å². The summed E-state index contributed by atoms with van der Waals surface area (Å²) in [6.07, 6.45) is 2.58. The maximum absolute atomic E-state index is 10.8. The Morgan fingerprint density at radius 3 is 2.85 bits per heavy atom. The molecule has 0 spiro atoms. The molecule has 1 N–H and O–H groups in total. The van der Waals surface area contributed by atoms with E-state index in [2.05, 4.69) is 24.2 Å². The average Bonchev–Trinajstić information content (AvgIpc) is 3.24. The minimum Gasteiger partial charge on any atom is -0.311 e. The van der Waals surface area contributed by atoms with Crippen molar-refractivity contribution in [3.8, 4) is 0 Å². The van der Waals surface area contributed by atoms with E-state index in [9.17, 15) is 10.1 Å². The Morgan fingerprint density at radius 1 is 1.55 bits per heavy atom. The maximum atomic E-state index is 10.8. The highest BCUT2D eigenvalue weighted by atomic mass is 35.5. The summed E-state index contributed by atoms with van der Waals surface area (Å²) in [4.78, 5) is 12.7. The van der Waals surface area contributed by atoms with Crippen LogP contribution in [0.4, 0.5) is 5.69 Å². The Bertz CT molecular complexity index is 491. The van der Waals surface area contributed by atoms with Crippen LogP contribution in [0.1, 0.15) is 25.3 Å². The quantitative estimate of drug-likeness (QED) is 0.621. The molecule has 0 heterocycles. The third kappa shape index (κ3) is 3.91. The van der Waals surface area contributed by atoms with Crippen molar-refractivity contribution in [2.75, 3.05) is 13.6 Å². The number of likely N-dealkylation sites (N-methyl/N-ethyl adjacent to an activating group) is 1. The largest absolute Gasteiger partial charge is 0.311 e. The molecular weight excluding hydrogens is 278 g/mol. The van der Waals surface area contributed by atoms with Gasteiger partial charge in [-0.1, -0.05) is 11.6 Å². The van der Waals surface area contributed by atoms with Crippen molar-refractivity contribution in [1.82, 2.24) is 10.2 Å². The van der Waals surface area contributed by atoms with Crippen molar-refractivity contribution in [2.45, 2.75) is 38.4 Å². The van der Waals surface area contributed by atoms with Gasteiger partial charge in [0.1, 0.15) is 0 Å².